The molecule has 1 aliphatic heterocycles. The van der Waals surface area contributed by atoms with E-state index in [4.69, 9.17) is 0 Å². The first-order valence-electron chi connectivity index (χ1n) is 6.41. The van der Waals surface area contributed by atoms with E-state index in [9.17, 15) is 0 Å². The van der Waals surface area contributed by atoms with Gasteiger partial charge in [0.1, 0.15) is 0 Å². The van der Waals surface area contributed by atoms with E-state index in [1.54, 1.807) is 0 Å². The van der Waals surface area contributed by atoms with Crippen molar-refractivity contribution in [3.8, 4) is 0 Å². The maximum Gasteiger partial charge on any atom is 0.0449 e. The van der Waals surface area contributed by atoms with Crippen LogP contribution < -0.4 is 5.32 Å². The molecule has 1 saturated heterocycles. The van der Waals surface area contributed by atoms with Crippen molar-refractivity contribution in [2.24, 2.45) is 0 Å². The minimum Gasteiger partial charge on any atom is -0.309 e. The number of benzene rings is 1. The van der Waals surface area contributed by atoms with Crippen molar-refractivity contribution in [1.29, 1.82) is 0 Å². The molecule has 1 heterocycles. The van der Waals surface area contributed by atoms with Crippen LogP contribution in [0.2, 0.25) is 0 Å². The second-order valence-electron chi connectivity index (χ2n) is 4.57. The standard InChI is InChI=1S/C14H22N2/c1-2-10-16-11-6-9-15-14(12-16)13-7-4-3-5-8-13/h3-5,7-8,14-15H,2,6,9-12H2,1H3. The Kier molecular flexibility index (Phi) is 4.37. The van der Waals surface area contributed by atoms with Crippen molar-refractivity contribution in [2.45, 2.75) is 25.8 Å². The monoisotopic (exact) mass is 218 g/mol. The summed E-state index contributed by atoms with van der Waals surface area (Å²) in [7, 11) is 0. The number of nitrogens with zero attached hydrogens (tertiary/aromatic N) is 1. The zero-order valence-electron chi connectivity index (χ0n) is 10.2. The van der Waals surface area contributed by atoms with Gasteiger partial charge in [-0.05, 0) is 38.0 Å². The maximum atomic E-state index is 3.64. The second-order valence-corrected chi connectivity index (χ2v) is 4.57. The molecule has 1 unspecified atom stereocenters. The molecule has 16 heavy (non-hydrogen) atoms. The van der Waals surface area contributed by atoms with E-state index in [-0.39, 0.29) is 0 Å². The van der Waals surface area contributed by atoms with Gasteiger partial charge in [0.2, 0.25) is 0 Å². The lowest BCUT2D eigenvalue weighted by atomic mass is 10.1. The van der Waals surface area contributed by atoms with Gasteiger partial charge in [-0.2, -0.15) is 0 Å². The molecule has 0 aliphatic carbocycles. The molecule has 2 rings (SSSR count). The summed E-state index contributed by atoms with van der Waals surface area (Å²) in [4.78, 5) is 2.58. The molecule has 1 aliphatic rings. The molecular weight excluding hydrogens is 196 g/mol. The summed E-state index contributed by atoms with van der Waals surface area (Å²) in [6.45, 7) is 7.02. The van der Waals surface area contributed by atoms with Gasteiger partial charge in [-0.1, -0.05) is 37.3 Å². The van der Waals surface area contributed by atoms with Crippen LogP contribution in [-0.4, -0.2) is 31.1 Å². The van der Waals surface area contributed by atoms with Crippen LogP contribution in [0.3, 0.4) is 0 Å². The van der Waals surface area contributed by atoms with Crippen molar-refractivity contribution in [3.05, 3.63) is 35.9 Å². The lowest BCUT2D eigenvalue weighted by Gasteiger charge is -2.24. The van der Waals surface area contributed by atoms with Gasteiger partial charge in [0.15, 0.2) is 0 Å². The van der Waals surface area contributed by atoms with Gasteiger partial charge < -0.3 is 10.2 Å². The summed E-state index contributed by atoms with van der Waals surface area (Å²) in [6, 6.07) is 11.3. The fourth-order valence-corrected chi connectivity index (χ4v) is 2.42. The molecular formula is C14H22N2. The summed E-state index contributed by atoms with van der Waals surface area (Å²) < 4.78 is 0. The first kappa shape index (κ1) is 11.6. The third-order valence-electron chi connectivity index (χ3n) is 3.22. The number of nitrogens with one attached hydrogen (secondary N) is 1. The van der Waals surface area contributed by atoms with Crippen LogP contribution >= 0.6 is 0 Å². The molecule has 0 amide bonds. The zero-order chi connectivity index (χ0) is 11.2. The smallest absolute Gasteiger partial charge is 0.0449 e. The van der Waals surface area contributed by atoms with Crippen molar-refractivity contribution in [2.75, 3.05) is 26.2 Å². The van der Waals surface area contributed by atoms with Crippen LogP contribution in [0.5, 0.6) is 0 Å². The molecule has 2 nitrogen and oxygen atoms in total. The second kappa shape index (κ2) is 6.02. The Balaban J connectivity index is 2.03. The van der Waals surface area contributed by atoms with Crippen LogP contribution in [0.15, 0.2) is 30.3 Å². The quantitative estimate of drug-likeness (QED) is 0.838. The predicted octanol–water partition coefficient (Wildman–Crippen LogP) is 2.43. The third kappa shape index (κ3) is 3.06. The van der Waals surface area contributed by atoms with E-state index in [2.05, 4.69) is 47.5 Å². The molecule has 1 aromatic rings. The van der Waals surface area contributed by atoms with E-state index in [0.29, 0.717) is 6.04 Å². The molecule has 1 fully saturated rings. The molecule has 0 spiro atoms. The van der Waals surface area contributed by atoms with E-state index < -0.39 is 0 Å². The zero-order valence-corrected chi connectivity index (χ0v) is 10.2. The highest BCUT2D eigenvalue weighted by Crippen LogP contribution is 2.16. The molecule has 1 aromatic carbocycles. The topological polar surface area (TPSA) is 15.3 Å². The highest BCUT2D eigenvalue weighted by molar-refractivity contribution is 5.19. The summed E-state index contributed by atoms with van der Waals surface area (Å²) in [5.74, 6) is 0. The summed E-state index contributed by atoms with van der Waals surface area (Å²) in [5.41, 5.74) is 1.42. The average molecular weight is 218 g/mol. The minimum atomic E-state index is 0.509. The van der Waals surface area contributed by atoms with Crippen LogP contribution in [0, 0.1) is 0 Å². The van der Waals surface area contributed by atoms with Crippen molar-refractivity contribution in [1.82, 2.24) is 10.2 Å². The molecule has 0 radical (unpaired) electrons. The van der Waals surface area contributed by atoms with Crippen molar-refractivity contribution >= 4 is 0 Å². The van der Waals surface area contributed by atoms with Crippen molar-refractivity contribution in [3.63, 3.8) is 0 Å². The molecule has 1 atom stereocenters. The first-order chi connectivity index (χ1) is 7.90. The fraction of sp³-hybridized carbons (Fsp3) is 0.571. The Bertz CT molecular complexity index is 297. The third-order valence-corrected chi connectivity index (χ3v) is 3.22. The largest absolute Gasteiger partial charge is 0.309 e. The SMILES string of the molecule is CCCN1CCCNC(c2ccccc2)C1. The Hall–Kier alpha value is -0.860. The van der Waals surface area contributed by atoms with E-state index in [1.165, 1.54) is 31.5 Å². The molecule has 0 bridgehead atoms. The first-order valence-corrected chi connectivity index (χ1v) is 6.41. The van der Waals surface area contributed by atoms with E-state index in [0.717, 1.165) is 13.1 Å². The normalized spacial score (nSPS) is 22.9. The van der Waals surface area contributed by atoms with Gasteiger partial charge in [0.05, 0.1) is 0 Å². The Labute approximate surface area is 98.7 Å². The van der Waals surface area contributed by atoms with Crippen molar-refractivity contribution < 1.29 is 0 Å². The number of hydrogen-bond acceptors (Lipinski definition) is 2. The van der Waals surface area contributed by atoms with E-state index >= 15 is 0 Å². The number of rotatable bonds is 3. The van der Waals surface area contributed by atoms with Gasteiger partial charge in [0.25, 0.3) is 0 Å². The van der Waals surface area contributed by atoms with Crippen LogP contribution in [0.4, 0.5) is 0 Å². The molecule has 2 heteroatoms. The highest BCUT2D eigenvalue weighted by Gasteiger charge is 2.17. The Morgan fingerprint density at radius 3 is 2.88 bits per heavy atom. The van der Waals surface area contributed by atoms with Gasteiger partial charge in [-0.3, -0.25) is 0 Å². The molecule has 0 saturated carbocycles. The summed E-state index contributed by atoms with van der Waals surface area (Å²) in [5, 5.41) is 3.64. The molecule has 1 N–H and O–H groups in total. The maximum absolute atomic E-state index is 3.64. The van der Waals surface area contributed by atoms with E-state index in [1.807, 2.05) is 0 Å². The Morgan fingerprint density at radius 2 is 2.12 bits per heavy atom. The van der Waals surface area contributed by atoms with Crippen LogP contribution in [0.1, 0.15) is 31.4 Å². The van der Waals surface area contributed by atoms with Crippen LogP contribution in [0.25, 0.3) is 0 Å². The highest BCUT2D eigenvalue weighted by atomic mass is 15.2. The van der Waals surface area contributed by atoms with Gasteiger partial charge in [-0.25, -0.2) is 0 Å². The summed E-state index contributed by atoms with van der Waals surface area (Å²) >= 11 is 0. The van der Waals surface area contributed by atoms with Crippen LogP contribution in [-0.2, 0) is 0 Å². The average Bonchev–Trinajstić information content (AvgIpc) is 2.56. The lowest BCUT2D eigenvalue weighted by molar-refractivity contribution is 0.269. The minimum absolute atomic E-state index is 0.509. The predicted molar refractivity (Wildman–Crippen MR) is 68.5 cm³/mol. The fourth-order valence-electron chi connectivity index (χ4n) is 2.42. The van der Waals surface area contributed by atoms with Gasteiger partial charge in [0, 0.05) is 12.6 Å². The number of hydrogen-bond donors (Lipinski definition) is 1. The van der Waals surface area contributed by atoms with Gasteiger partial charge in [-0.15, -0.1) is 0 Å². The van der Waals surface area contributed by atoms with Gasteiger partial charge >= 0.3 is 0 Å². The Morgan fingerprint density at radius 1 is 1.31 bits per heavy atom. The molecule has 88 valence electrons. The summed E-state index contributed by atoms with van der Waals surface area (Å²) in [6.07, 6.45) is 2.52. The lowest BCUT2D eigenvalue weighted by Crippen LogP contribution is -2.31. The molecule has 0 aromatic heterocycles.